The lowest BCUT2D eigenvalue weighted by atomic mass is 9.87. The maximum Gasteiger partial charge on any atom is 0.529 e. The molecule has 0 fully saturated rings. The third-order valence-corrected chi connectivity index (χ3v) is 5.79. The minimum atomic E-state index is -3.58. The molecule has 0 aromatic heterocycles. The predicted molar refractivity (Wildman–Crippen MR) is 101 cm³/mol. The zero-order valence-electron chi connectivity index (χ0n) is 16.2. The van der Waals surface area contributed by atoms with Gasteiger partial charge in [0.2, 0.25) is 0 Å². The van der Waals surface area contributed by atoms with Gasteiger partial charge in [-0.1, -0.05) is 0 Å². The summed E-state index contributed by atoms with van der Waals surface area (Å²) in [6, 6.07) is 3.98. The molecule has 0 saturated carbocycles. The van der Waals surface area contributed by atoms with Gasteiger partial charge in [-0.05, 0) is 57.4 Å². The highest BCUT2D eigenvalue weighted by Gasteiger charge is 2.31. The number of hydrogen-bond donors (Lipinski definition) is 0. The molecular formula is C19H29O6P. The quantitative estimate of drug-likeness (QED) is 0.534. The minimum Gasteiger partial charge on any atom is -0.496 e. The van der Waals surface area contributed by atoms with Crippen molar-refractivity contribution in [1.82, 2.24) is 0 Å². The first kappa shape index (κ1) is 20.8. The molecule has 146 valence electrons. The Hall–Kier alpha value is -1.49. The second-order valence-corrected chi connectivity index (χ2v) is 7.68. The first-order valence-corrected chi connectivity index (χ1v) is 10.4. The number of phosphoric ester groups is 1. The molecular weight excluding hydrogens is 355 g/mol. The Kier molecular flexibility index (Phi) is 7.56. The highest BCUT2D eigenvalue weighted by atomic mass is 31.2. The molecule has 0 bridgehead atoms. The maximum atomic E-state index is 12.7. The van der Waals surface area contributed by atoms with Crippen LogP contribution in [0.1, 0.15) is 50.2 Å². The molecule has 1 aromatic carbocycles. The second kappa shape index (κ2) is 9.45. The summed E-state index contributed by atoms with van der Waals surface area (Å²) in [7, 11) is -0.276. The average Bonchev–Trinajstić information content (AvgIpc) is 2.61. The van der Waals surface area contributed by atoms with Crippen LogP contribution in [0.25, 0.3) is 0 Å². The van der Waals surface area contributed by atoms with E-state index in [0.29, 0.717) is 12.2 Å². The molecule has 0 amide bonds. The Labute approximate surface area is 156 Å². The van der Waals surface area contributed by atoms with E-state index in [9.17, 15) is 4.57 Å². The Morgan fingerprint density at radius 2 is 1.65 bits per heavy atom. The Morgan fingerprint density at radius 1 is 1.08 bits per heavy atom. The zero-order valence-corrected chi connectivity index (χ0v) is 17.1. The molecule has 0 radical (unpaired) electrons. The molecule has 1 aromatic rings. The summed E-state index contributed by atoms with van der Waals surface area (Å²) >= 11 is 0. The number of allylic oxidation sites excluding steroid dienone is 2. The van der Waals surface area contributed by atoms with Crippen LogP contribution in [0.4, 0.5) is 0 Å². The third kappa shape index (κ3) is 5.03. The molecule has 0 N–H and O–H groups in total. The third-order valence-electron chi connectivity index (χ3n) is 4.19. The van der Waals surface area contributed by atoms with Crippen LogP contribution in [-0.4, -0.2) is 27.4 Å². The summed E-state index contributed by atoms with van der Waals surface area (Å²) in [6.07, 6.45) is 4.49. The van der Waals surface area contributed by atoms with Crippen LogP contribution in [0.2, 0.25) is 0 Å². The molecule has 1 aliphatic carbocycles. The van der Waals surface area contributed by atoms with E-state index in [1.54, 1.807) is 28.1 Å². The maximum absolute atomic E-state index is 12.7. The highest BCUT2D eigenvalue weighted by Crippen LogP contribution is 2.53. The van der Waals surface area contributed by atoms with Gasteiger partial charge in [0.15, 0.2) is 0 Å². The van der Waals surface area contributed by atoms with Gasteiger partial charge in [0, 0.05) is 17.9 Å². The molecule has 2 rings (SSSR count). The van der Waals surface area contributed by atoms with Crippen molar-refractivity contribution in [2.24, 2.45) is 0 Å². The molecule has 1 aliphatic rings. The first-order chi connectivity index (χ1) is 12.5. The Bertz CT molecular complexity index is 650. The van der Waals surface area contributed by atoms with Crippen molar-refractivity contribution in [3.05, 3.63) is 35.1 Å². The van der Waals surface area contributed by atoms with Gasteiger partial charge in [-0.2, -0.15) is 0 Å². The summed E-state index contributed by atoms with van der Waals surface area (Å²) in [5, 5.41) is 0. The fourth-order valence-corrected chi connectivity index (χ4v) is 4.43. The van der Waals surface area contributed by atoms with Gasteiger partial charge in [0.1, 0.15) is 17.3 Å². The lowest BCUT2D eigenvalue weighted by molar-refractivity contribution is 0.141. The standard InChI is InChI=1S/C19H29O6P/c1-6-23-26(20,24-7-2)25-16-10-8-9-15(13-16)19-17(21-4)11-14(3)12-18(19)22-5/h11-13,15H,6-10H2,1-5H3. The summed E-state index contributed by atoms with van der Waals surface area (Å²) in [4.78, 5) is 0. The van der Waals surface area contributed by atoms with E-state index in [4.69, 9.17) is 23.0 Å². The van der Waals surface area contributed by atoms with Gasteiger partial charge in [-0.25, -0.2) is 4.57 Å². The fraction of sp³-hybridized carbons (Fsp3) is 0.579. The van der Waals surface area contributed by atoms with Crippen LogP contribution < -0.4 is 9.47 Å². The predicted octanol–water partition coefficient (Wildman–Crippen LogP) is 5.36. The van der Waals surface area contributed by atoms with Gasteiger partial charge in [0.25, 0.3) is 0 Å². The monoisotopic (exact) mass is 384 g/mol. The molecule has 0 saturated heterocycles. The molecule has 0 spiro atoms. The van der Waals surface area contributed by atoms with Crippen LogP contribution in [0.15, 0.2) is 24.0 Å². The number of benzene rings is 1. The van der Waals surface area contributed by atoms with E-state index in [-0.39, 0.29) is 19.1 Å². The fourth-order valence-electron chi connectivity index (χ4n) is 3.18. The Balaban J connectivity index is 2.35. The number of hydrogen-bond acceptors (Lipinski definition) is 6. The van der Waals surface area contributed by atoms with Crippen molar-refractivity contribution in [1.29, 1.82) is 0 Å². The minimum absolute atomic E-state index is 0.0425. The van der Waals surface area contributed by atoms with Gasteiger partial charge in [0.05, 0.1) is 27.4 Å². The summed E-state index contributed by atoms with van der Waals surface area (Å²) < 4.78 is 40.0. The van der Waals surface area contributed by atoms with Crippen molar-refractivity contribution in [3.8, 4) is 11.5 Å². The van der Waals surface area contributed by atoms with Crippen molar-refractivity contribution in [2.75, 3.05) is 27.4 Å². The van der Waals surface area contributed by atoms with Gasteiger partial charge < -0.3 is 14.0 Å². The van der Waals surface area contributed by atoms with E-state index in [2.05, 4.69) is 0 Å². The number of aryl methyl sites for hydroxylation is 1. The molecule has 0 aliphatic heterocycles. The number of ether oxygens (including phenoxy) is 2. The second-order valence-electron chi connectivity index (χ2n) is 6.09. The van der Waals surface area contributed by atoms with E-state index < -0.39 is 7.82 Å². The van der Waals surface area contributed by atoms with E-state index in [1.165, 1.54) is 0 Å². The van der Waals surface area contributed by atoms with Crippen LogP contribution in [0.5, 0.6) is 11.5 Å². The normalized spacial score (nSPS) is 17.6. The molecule has 1 unspecified atom stereocenters. The molecule has 0 heterocycles. The molecule has 26 heavy (non-hydrogen) atoms. The Morgan fingerprint density at radius 3 is 2.15 bits per heavy atom. The number of phosphoric acid groups is 1. The van der Waals surface area contributed by atoms with E-state index in [1.807, 2.05) is 25.1 Å². The molecule has 1 atom stereocenters. The SMILES string of the molecule is CCOP(=O)(OCC)OC1=CC(c2c(OC)cc(C)cc2OC)CCC1. The van der Waals surface area contributed by atoms with Crippen LogP contribution >= 0.6 is 7.82 Å². The van der Waals surface area contributed by atoms with Crippen LogP contribution in [0, 0.1) is 6.92 Å². The summed E-state index contributed by atoms with van der Waals surface area (Å²) in [6.45, 7) is 6.03. The van der Waals surface area contributed by atoms with Crippen molar-refractivity contribution < 1.29 is 27.6 Å². The average molecular weight is 384 g/mol. The summed E-state index contributed by atoms with van der Waals surface area (Å²) in [5.74, 6) is 2.22. The highest BCUT2D eigenvalue weighted by molar-refractivity contribution is 7.48. The van der Waals surface area contributed by atoms with Crippen LogP contribution in [-0.2, 0) is 18.1 Å². The van der Waals surface area contributed by atoms with Gasteiger partial charge in [-0.3, -0.25) is 9.05 Å². The van der Waals surface area contributed by atoms with Crippen LogP contribution in [0.3, 0.4) is 0 Å². The van der Waals surface area contributed by atoms with Crippen molar-refractivity contribution in [3.63, 3.8) is 0 Å². The number of rotatable bonds is 9. The van der Waals surface area contributed by atoms with Crippen molar-refractivity contribution in [2.45, 2.75) is 46.0 Å². The lowest BCUT2D eigenvalue weighted by Gasteiger charge is -2.26. The van der Waals surface area contributed by atoms with E-state index in [0.717, 1.165) is 35.5 Å². The topological polar surface area (TPSA) is 63.2 Å². The smallest absolute Gasteiger partial charge is 0.496 e. The summed E-state index contributed by atoms with van der Waals surface area (Å²) in [5.41, 5.74) is 2.04. The van der Waals surface area contributed by atoms with Gasteiger partial charge >= 0.3 is 7.82 Å². The largest absolute Gasteiger partial charge is 0.529 e. The number of methoxy groups -OCH3 is 2. The van der Waals surface area contributed by atoms with Gasteiger partial charge in [-0.15, -0.1) is 0 Å². The lowest BCUT2D eigenvalue weighted by Crippen LogP contribution is -2.09. The molecule has 7 heteroatoms. The zero-order chi connectivity index (χ0) is 19.2. The molecule has 6 nitrogen and oxygen atoms in total. The van der Waals surface area contributed by atoms with Crippen molar-refractivity contribution >= 4 is 7.82 Å². The first-order valence-electron chi connectivity index (χ1n) is 8.98. The van der Waals surface area contributed by atoms with E-state index >= 15 is 0 Å².